The Morgan fingerprint density at radius 2 is 2.50 bits per heavy atom. The average Bonchev–Trinajstić information content (AvgIpc) is 2.40. The number of aliphatic hydroxyl groups excluding tert-OH is 1. The summed E-state index contributed by atoms with van der Waals surface area (Å²) >= 11 is 5.23. The summed E-state index contributed by atoms with van der Waals surface area (Å²) in [6.07, 6.45) is 3.97. The van der Waals surface area contributed by atoms with Gasteiger partial charge in [-0.05, 0) is 34.5 Å². The molecule has 1 aliphatic rings. The van der Waals surface area contributed by atoms with E-state index in [4.69, 9.17) is 5.11 Å². The van der Waals surface area contributed by atoms with Crippen LogP contribution in [0.5, 0.6) is 0 Å². The van der Waals surface area contributed by atoms with E-state index < -0.39 is 0 Å². The van der Waals surface area contributed by atoms with Gasteiger partial charge in [-0.3, -0.25) is 4.79 Å². The molecule has 1 aromatic heterocycles. The van der Waals surface area contributed by atoms with Gasteiger partial charge in [0.1, 0.15) is 4.47 Å². The van der Waals surface area contributed by atoms with Crippen molar-refractivity contribution in [1.82, 2.24) is 9.78 Å². The molecule has 0 radical (unpaired) electrons. The number of halogens is 1. The van der Waals surface area contributed by atoms with E-state index in [1.807, 2.05) is 11.8 Å². The van der Waals surface area contributed by atoms with Crippen LogP contribution in [0.3, 0.4) is 0 Å². The van der Waals surface area contributed by atoms with E-state index in [1.165, 1.54) is 16.9 Å². The van der Waals surface area contributed by atoms with Crippen LogP contribution in [0.1, 0.15) is 12.8 Å². The SMILES string of the molecule is O=c1c(Br)c(NC2CCCSC2)cnn1CCO. The Hall–Kier alpha value is -0.530. The van der Waals surface area contributed by atoms with Crippen LogP contribution >= 0.6 is 27.7 Å². The number of thioether (sulfide) groups is 1. The van der Waals surface area contributed by atoms with Gasteiger partial charge in [0.25, 0.3) is 5.56 Å². The number of hydrogen-bond donors (Lipinski definition) is 2. The summed E-state index contributed by atoms with van der Waals surface area (Å²) in [5, 5.41) is 16.2. The lowest BCUT2D eigenvalue weighted by molar-refractivity contribution is 0.266. The monoisotopic (exact) mass is 333 g/mol. The fourth-order valence-electron chi connectivity index (χ4n) is 1.89. The first-order chi connectivity index (χ1) is 8.72. The minimum Gasteiger partial charge on any atom is -0.394 e. The summed E-state index contributed by atoms with van der Waals surface area (Å²) in [5.41, 5.74) is 0.527. The molecule has 5 nitrogen and oxygen atoms in total. The maximum absolute atomic E-state index is 11.9. The third kappa shape index (κ3) is 3.27. The third-order valence-corrected chi connectivity index (χ3v) is 4.80. The molecule has 0 bridgehead atoms. The second kappa shape index (κ2) is 6.58. The van der Waals surface area contributed by atoms with Gasteiger partial charge in [0.05, 0.1) is 25.0 Å². The summed E-state index contributed by atoms with van der Waals surface area (Å²) < 4.78 is 1.74. The lowest BCUT2D eigenvalue weighted by Gasteiger charge is -2.23. The average molecular weight is 334 g/mol. The highest BCUT2D eigenvalue weighted by Crippen LogP contribution is 2.23. The fourth-order valence-corrected chi connectivity index (χ4v) is 3.39. The zero-order valence-corrected chi connectivity index (χ0v) is 12.3. The van der Waals surface area contributed by atoms with Gasteiger partial charge >= 0.3 is 0 Å². The molecule has 1 atom stereocenters. The van der Waals surface area contributed by atoms with Gasteiger partial charge in [0, 0.05) is 11.8 Å². The van der Waals surface area contributed by atoms with E-state index in [1.54, 1.807) is 6.20 Å². The zero-order valence-electron chi connectivity index (χ0n) is 9.93. The van der Waals surface area contributed by atoms with Crippen LogP contribution in [-0.4, -0.2) is 39.0 Å². The standard InChI is InChI=1S/C11H16BrN3O2S/c12-10-9(14-8-2-1-5-18-7-8)6-13-15(3-4-16)11(10)17/h6,8,14,16H,1-5,7H2. The first-order valence-corrected chi connectivity index (χ1v) is 7.88. The molecule has 0 amide bonds. The molecule has 1 aliphatic heterocycles. The van der Waals surface area contributed by atoms with Crippen molar-refractivity contribution < 1.29 is 5.11 Å². The smallest absolute Gasteiger partial charge is 0.283 e. The van der Waals surface area contributed by atoms with Crippen molar-refractivity contribution in [3.63, 3.8) is 0 Å². The molecule has 2 heterocycles. The normalized spacial score (nSPS) is 19.8. The Morgan fingerprint density at radius 1 is 1.67 bits per heavy atom. The van der Waals surface area contributed by atoms with E-state index in [2.05, 4.69) is 26.3 Å². The largest absolute Gasteiger partial charge is 0.394 e. The molecular formula is C11H16BrN3O2S. The molecule has 7 heteroatoms. The number of rotatable bonds is 4. The van der Waals surface area contributed by atoms with E-state index in [0.29, 0.717) is 10.5 Å². The molecule has 1 saturated heterocycles. The van der Waals surface area contributed by atoms with Crippen LogP contribution in [-0.2, 0) is 6.54 Å². The van der Waals surface area contributed by atoms with Gasteiger partial charge in [-0.25, -0.2) is 4.68 Å². The van der Waals surface area contributed by atoms with Gasteiger partial charge in [-0.1, -0.05) is 0 Å². The Labute approximate surface area is 118 Å². The molecule has 2 N–H and O–H groups in total. The van der Waals surface area contributed by atoms with Crippen molar-refractivity contribution in [2.45, 2.75) is 25.4 Å². The van der Waals surface area contributed by atoms with Crippen LogP contribution in [0, 0.1) is 0 Å². The van der Waals surface area contributed by atoms with Crippen LogP contribution in [0.15, 0.2) is 15.5 Å². The second-order valence-corrected chi connectivity index (χ2v) is 6.13. The maximum Gasteiger partial charge on any atom is 0.283 e. The van der Waals surface area contributed by atoms with Gasteiger partial charge in [0.15, 0.2) is 0 Å². The third-order valence-electron chi connectivity index (χ3n) is 2.82. The number of hydrogen-bond acceptors (Lipinski definition) is 5. The summed E-state index contributed by atoms with van der Waals surface area (Å²) in [4.78, 5) is 11.9. The molecular weight excluding hydrogens is 318 g/mol. The minimum absolute atomic E-state index is 0.0919. The summed E-state index contributed by atoms with van der Waals surface area (Å²) in [6, 6.07) is 0.398. The molecule has 1 fully saturated rings. The quantitative estimate of drug-likeness (QED) is 0.869. The van der Waals surface area contributed by atoms with Crippen LogP contribution in [0.2, 0.25) is 0 Å². The predicted octanol–water partition coefficient (Wildman–Crippen LogP) is 1.31. The first kappa shape index (κ1) is 13.9. The summed E-state index contributed by atoms with van der Waals surface area (Å²) in [6.45, 7) is 0.127. The van der Waals surface area contributed by atoms with Crippen molar-refractivity contribution in [1.29, 1.82) is 0 Å². The van der Waals surface area contributed by atoms with Crippen LogP contribution < -0.4 is 10.9 Å². The summed E-state index contributed by atoms with van der Waals surface area (Å²) in [7, 11) is 0. The number of nitrogens with one attached hydrogen (secondary N) is 1. The first-order valence-electron chi connectivity index (χ1n) is 5.93. The number of aromatic nitrogens is 2. The highest BCUT2D eigenvalue weighted by atomic mass is 79.9. The van der Waals surface area contributed by atoms with Gasteiger partial charge in [-0.15, -0.1) is 0 Å². The predicted molar refractivity (Wildman–Crippen MR) is 77.3 cm³/mol. The van der Waals surface area contributed by atoms with Crippen molar-refractivity contribution >= 4 is 33.4 Å². The lowest BCUT2D eigenvalue weighted by atomic mass is 10.2. The maximum atomic E-state index is 11.9. The number of aliphatic hydroxyl groups is 1. The Bertz CT molecular complexity index is 460. The van der Waals surface area contributed by atoms with E-state index in [9.17, 15) is 4.79 Å². The van der Waals surface area contributed by atoms with Crippen molar-refractivity contribution in [3.8, 4) is 0 Å². The number of nitrogens with zero attached hydrogens (tertiary/aromatic N) is 2. The van der Waals surface area contributed by atoms with Crippen molar-refractivity contribution in [3.05, 3.63) is 21.0 Å². The molecule has 18 heavy (non-hydrogen) atoms. The molecule has 2 rings (SSSR count). The van der Waals surface area contributed by atoms with E-state index >= 15 is 0 Å². The van der Waals surface area contributed by atoms with Gasteiger partial charge in [-0.2, -0.15) is 16.9 Å². The van der Waals surface area contributed by atoms with Gasteiger partial charge < -0.3 is 10.4 Å². The molecule has 0 spiro atoms. The van der Waals surface area contributed by atoms with Crippen molar-refractivity contribution in [2.24, 2.45) is 0 Å². The molecule has 0 aliphatic carbocycles. The van der Waals surface area contributed by atoms with Crippen LogP contribution in [0.4, 0.5) is 5.69 Å². The highest BCUT2D eigenvalue weighted by molar-refractivity contribution is 9.10. The molecule has 0 aromatic carbocycles. The molecule has 100 valence electrons. The highest BCUT2D eigenvalue weighted by Gasteiger charge is 2.16. The zero-order chi connectivity index (χ0) is 13.0. The van der Waals surface area contributed by atoms with E-state index in [0.717, 1.165) is 17.9 Å². The second-order valence-electron chi connectivity index (χ2n) is 4.18. The Morgan fingerprint density at radius 3 is 3.17 bits per heavy atom. The van der Waals surface area contributed by atoms with Gasteiger partial charge in [0.2, 0.25) is 0 Å². The molecule has 0 saturated carbocycles. The lowest BCUT2D eigenvalue weighted by Crippen LogP contribution is -2.30. The Balaban J connectivity index is 2.13. The number of anilines is 1. The fraction of sp³-hybridized carbons (Fsp3) is 0.636. The minimum atomic E-state index is -0.211. The topological polar surface area (TPSA) is 67.2 Å². The van der Waals surface area contributed by atoms with Crippen LogP contribution in [0.25, 0.3) is 0 Å². The molecule has 1 aromatic rings. The summed E-state index contributed by atoms with van der Waals surface area (Å²) in [5.74, 6) is 2.28. The van der Waals surface area contributed by atoms with Crippen molar-refractivity contribution in [2.75, 3.05) is 23.4 Å². The molecule has 1 unspecified atom stereocenters. The van der Waals surface area contributed by atoms with E-state index in [-0.39, 0.29) is 18.7 Å². The Kier molecular flexibility index (Phi) is 5.08.